The predicted octanol–water partition coefficient (Wildman–Crippen LogP) is 4.41. The molecule has 0 fully saturated rings. The second kappa shape index (κ2) is 11.6. The van der Waals surface area contributed by atoms with E-state index in [4.69, 9.17) is 11.6 Å². The molecule has 2 aromatic rings. The zero-order valence-corrected chi connectivity index (χ0v) is 18.2. The molecule has 4 nitrogen and oxygen atoms in total. The summed E-state index contributed by atoms with van der Waals surface area (Å²) in [5.74, 6) is 0.314. The zero-order valence-electron chi connectivity index (χ0n) is 14.3. The monoisotopic (exact) mass is 496 g/mol. The molecule has 1 heterocycles. The molecule has 8 heteroatoms. The summed E-state index contributed by atoms with van der Waals surface area (Å²) in [5, 5.41) is 7.73. The smallest absolute Gasteiger partial charge is 0.191 e. The molecule has 0 saturated heterocycles. The summed E-state index contributed by atoms with van der Waals surface area (Å²) in [7, 11) is 0. The molecule has 0 unspecified atom stereocenters. The van der Waals surface area contributed by atoms with E-state index in [1.54, 1.807) is 23.5 Å². The van der Waals surface area contributed by atoms with Crippen molar-refractivity contribution in [3.63, 3.8) is 0 Å². The number of halogens is 3. The van der Waals surface area contributed by atoms with Crippen molar-refractivity contribution in [2.45, 2.75) is 33.2 Å². The summed E-state index contributed by atoms with van der Waals surface area (Å²) in [6.07, 6.45) is 3.82. The fourth-order valence-corrected chi connectivity index (χ4v) is 3.13. The van der Waals surface area contributed by atoms with Crippen LogP contribution in [-0.4, -0.2) is 24.0 Å². The molecule has 0 saturated carbocycles. The standard InChI is InChI=1S/C17H22ClFN4S.HI/c1-3-13-11-22-16(24-13)7-8-21-17(20-4-2)23-10-12-5-6-15(19)14(18)9-12;/h5-6,9,11H,3-4,7-8,10H2,1-2H3,(H2,20,21,23);1H. The van der Waals surface area contributed by atoms with Crippen molar-refractivity contribution >= 4 is 52.9 Å². The largest absolute Gasteiger partial charge is 0.357 e. The molecule has 138 valence electrons. The average Bonchev–Trinajstić information content (AvgIpc) is 3.03. The maximum Gasteiger partial charge on any atom is 0.191 e. The van der Waals surface area contributed by atoms with E-state index in [2.05, 4.69) is 27.5 Å². The van der Waals surface area contributed by atoms with Gasteiger partial charge in [-0.3, -0.25) is 0 Å². The van der Waals surface area contributed by atoms with Gasteiger partial charge in [0.15, 0.2) is 5.96 Å². The lowest BCUT2D eigenvalue weighted by atomic mass is 10.2. The van der Waals surface area contributed by atoms with Crippen LogP contribution in [0.2, 0.25) is 5.02 Å². The first-order valence-electron chi connectivity index (χ1n) is 8.02. The van der Waals surface area contributed by atoms with Crippen molar-refractivity contribution in [2.75, 3.05) is 13.1 Å². The second-order valence-corrected chi connectivity index (χ2v) is 6.80. The lowest BCUT2D eigenvalue weighted by Crippen LogP contribution is -2.38. The number of aromatic nitrogens is 1. The first-order valence-corrected chi connectivity index (χ1v) is 9.21. The molecular formula is C17H23ClFIN4S. The van der Waals surface area contributed by atoms with Gasteiger partial charge < -0.3 is 10.6 Å². The van der Waals surface area contributed by atoms with Gasteiger partial charge in [0.25, 0.3) is 0 Å². The minimum absolute atomic E-state index is 0. The Morgan fingerprint density at radius 1 is 1.32 bits per heavy atom. The van der Waals surface area contributed by atoms with Crippen LogP contribution in [0.25, 0.3) is 0 Å². The van der Waals surface area contributed by atoms with Crippen LogP contribution in [0.1, 0.15) is 29.3 Å². The average molecular weight is 497 g/mol. The lowest BCUT2D eigenvalue weighted by molar-refractivity contribution is 0.627. The molecule has 0 aliphatic carbocycles. The minimum Gasteiger partial charge on any atom is -0.357 e. The fraction of sp³-hybridized carbons (Fsp3) is 0.412. The Bertz CT molecular complexity index is 693. The maximum absolute atomic E-state index is 13.2. The Kier molecular flexibility index (Phi) is 10.3. The molecule has 2 N–H and O–H groups in total. The molecule has 25 heavy (non-hydrogen) atoms. The molecule has 2 rings (SSSR count). The quantitative estimate of drug-likeness (QED) is 0.339. The van der Waals surface area contributed by atoms with Gasteiger partial charge >= 0.3 is 0 Å². The van der Waals surface area contributed by atoms with Gasteiger partial charge in [-0.25, -0.2) is 14.4 Å². The fourth-order valence-electron chi connectivity index (χ4n) is 2.06. The van der Waals surface area contributed by atoms with Gasteiger partial charge in [0.1, 0.15) is 5.82 Å². The van der Waals surface area contributed by atoms with Crippen molar-refractivity contribution in [1.29, 1.82) is 0 Å². The highest BCUT2D eigenvalue weighted by Crippen LogP contribution is 2.16. The molecule has 0 aliphatic rings. The molecule has 0 amide bonds. The van der Waals surface area contributed by atoms with Crippen molar-refractivity contribution in [1.82, 2.24) is 15.6 Å². The van der Waals surface area contributed by atoms with Crippen LogP contribution >= 0.6 is 46.9 Å². The van der Waals surface area contributed by atoms with Crippen molar-refractivity contribution < 1.29 is 4.39 Å². The van der Waals surface area contributed by atoms with Crippen molar-refractivity contribution in [3.05, 3.63) is 50.7 Å². The van der Waals surface area contributed by atoms with Gasteiger partial charge in [-0.2, -0.15) is 0 Å². The highest BCUT2D eigenvalue weighted by molar-refractivity contribution is 14.0. The number of aliphatic imine (C=N–C) groups is 1. The van der Waals surface area contributed by atoms with Gasteiger partial charge in [-0.05, 0) is 31.0 Å². The molecule has 0 aliphatic heterocycles. The van der Waals surface area contributed by atoms with E-state index in [9.17, 15) is 4.39 Å². The number of nitrogens with zero attached hydrogens (tertiary/aromatic N) is 2. The molecule has 1 aromatic heterocycles. The molecule has 0 atom stereocenters. The van der Waals surface area contributed by atoms with Gasteiger partial charge in [0, 0.05) is 30.6 Å². The summed E-state index contributed by atoms with van der Waals surface area (Å²) < 4.78 is 13.2. The summed E-state index contributed by atoms with van der Waals surface area (Å²) in [4.78, 5) is 10.2. The summed E-state index contributed by atoms with van der Waals surface area (Å²) >= 11 is 7.54. The first kappa shape index (κ1) is 22.1. The number of hydrogen-bond acceptors (Lipinski definition) is 3. The Balaban J connectivity index is 0.00000312. The summed E-state index contributed by atoms with van der Waals surface area (Å²) in [6.45, 7) is 6.11. The van der Waals surface area contributed by atoms with E-state index in [0.717, 1.165) is 42.5 Å². The van der Waals surface area contributed by atoms with E-state index in [1.807, 2.05) is 13.1 Å². The normalized spacial score (nSPS) is 11.1. The van der Waals surface area contributed by atoms with Crippen LogP contribution in [0.4, 0.5) is 4.39 Å². The number of thiazole rings is 1. The van der Waals surface area contributed by atoms with Gasteiger partial charge in [0.05, 0.1) is 16.6 Å². The Morgan fingerprint density at radius 2 is 2.12 bits per heavy atom. The SMILES string of the molecule is CCNC(=NCc1ccc(F)c(Cl)c1)NCCc1ncc(CC)s1.I. The maximum atomic E-state index is 13.2. The number of nitrogens with one attached hydrogen (secondary N) is 2. The van der Waals surface area contributed by atoms with Gasteiger partial charge in [0.2, 0.25) is 0 Å². The highest BCUT2D eigenvalue weighted by Gasteiger charge is 2.03. The van der Waals surface area contributed by atoms with E-state index in [-0.39, 0.29) is 29.0 Å². The second-order valence-electron chi connectivity index (χ2n) is 5.19. The third-order valence-corrected chi connectivity index (χ3v) is 4.82. The van der Waals surface area contributed by atoms with Gasteiger partial charge in [-0.15, -0.1) is 35.3 Å². The molecule has 0 radical (unpaired) electrons. The molecule has 0 spiro atoms. The van der Waals surface area contributed by atoms with Crippen molar-refractivity contribution in [2.24, 2.45) is 4.99 Å². The van der Waals surface area contributed by atoms with Crippen LogP contribution < -0.4 is 10.6 Å². The highest BCUT2D eigenvalue weighted by atomic mass is 127. The Morgan fingerprint density at radius 3 is 2.76 bits per heavy atom. The number of hydrogen-bond donors (Lipinski definition) is 2. The number of rotatable bonds is 7. The predicted molar refractivity (Wildman–Crippen MR) is 115 cm³/mol. The number of guanidine groups is 1. The molecular weight excluding hydrogens is 474 g/mol. The van der Waals surface area contributed by atoms with E-state index < -0.39 is 5.82 Å². The summed E-state index contributed by atoms with van der Waals surface area (Å²) in [5.41, 5.74) is 0.867. The minimum atomic E-state index is -0.413. The summed E-state index contributed by atoms with van der Waals surface area (Å²) in [6, 6.07) is 4.66. The molecule has 1 aromatic carbocycles. The van der Waals surface area contributed by atoms with Crippen LogP contribution in [0.5, 0.6) is 0 Å². The van der Waals surface area contributed by atoms with Crippen molar-refractivity contribution in [3.8, 4) is 0 Å². The Hall–Kier alpha value is -0.930. The van der Waals surface area contributed by atoms with Crippen LogP contribution in [0, 0.1) is 5.82 Å². The van der Waals surface area contributed by atoms with E-state index >= 15 is 0 Å². The Labute approximate surface area is 174 Å². The zero-order chi connectivity index (χ0) is 17.4. The first-order chi connectivity index (χ1) is 11.6. The molecule has 0 bridgehead atoms. The van der Waals surface area contributed by atoms with E-state index in [1.165, 1.54) is 10.9 Å². The number of aryl methyl sites for hydroxylation is 1. The van der Waals surface area contributed by atoms with Gasteiger partial charge in [-0.1, -0.05) is 24.6 Å². The number of benzene rings is 1. The topological polar surface area (TPSA) is 49.3 Å². The third-order valence-electron chi connectivity index (χ3n) is 3.33. The van der Waals surface area contributed by atoms with Crippen LogP contribution in [-0.2, 0) is 19.4 Å². The van der Waals surface area contributed by atoms with E-state index in [0.29, 0.717) is 6.54 Å². The van der Waals surface area contributed by atoms with Crippen LogP contribution in [0.3, 0.4) is 0 Å². The third kappa shape index (κ3) is 7.45. The van der Waals surface area contributed by atoms with Crippen LogP contribution in [0.15, 0.2) is 29.4 Å². The lowest BCUT2D eigenvalue weighted by Gasteiger charge is -2.10.